The Bertz CT molecular complexity index is 1460. The van der Waals surface area contributed by atoms with Gasteiger partial charge in [-0.2, -0.15) is 0 Å². The molecule has 4 aromatic rings. The van der Waals surface area contributed by atoms with Crippen molar-refractivity contribution in [2.45, 2.75) is 13.2 Å². The van der Waals surface area contributed by atoms with E-state index < -0.39 is 46.9 Å². The molecule has 1 saturated heterocycles. The number of benzene rings is 4. The molecule has 0 N–H and O–H groups in total. The highest BCUT2D eigenvalue weighted by molar-refractivity contribution is 5.88. The molecule has 9 heteroatoms. The van der Waals surface area contributed by atoms with Gasteiger partial charge in [-0.25, -0.2) is 26.3 Å². The number of aryl methyl sites for hydroxylation is 1. The largest absolute Gasteiger partial charge is 0.487 e. The summed E-state index contributed by atoms with van der Waals surface area (Å²) >= 11 is 0. The summed E-state index contributed by atoms with van der Waals surface area (Å²) in [7, 11) is 0. The molecule has 3 nitrogen and oxygen atoms in total. The van der Waals surface area contributed by atoms with Crippen LogP contribution in [0.2, 0.25) is 0 Å². The summed E-state index contributed by atoms with van der Waals surface area (Å²) in [5.74, 6) is -7.17. The molecule has 0 spiro atoms. The van der Waals surface area contributed by atoms with Crippen LogP contribution in [0.3, 0.4) is 0 Å². The van der Waals surface area contributed by atoms with E-state index in [1.807, 2.05) is 0 Å². The molecule has 0 aliphatic carbocycles. The Morgan fingerprint density at radius 1 is 0.757 bits per heavy atom. The van der Waals surface area contributed by atoms with Crippen LogP contribution in [0, 0.1) is 47.7 Å². The number of ether oxygens (including phenoxy) is 3. The predicted octanol–water partition coefficient (Wildman–Crippen LogP) is 7.39. The van der Waals surface area contributed by atoms with Gasteiger partial charge in [-0.3, -0.25) is 0 Å². The first-order valence-corrected chi connectivity index (χ1v) is 11.4. The van der Waals surface area contributed by atoms with Gasteiger partial charge in [0.15, 0.2) is 41.1 Å². The maximum absolute atomic E-state index is 15.0. The Hall–Kier alpha value is -3.56. The zero-order chi connectivity index (χ0) is 26.3. The average molecular weight is 518 g/mol. The minimum atomic E-state index is -1.56. The van der Waals surface area contributed by atoms with Crippen molar-refractivity contribution in [1.29, 1.82) is 0 Å². The van der Waals surface area contributed by atoms with Crippen LogP contribution in [0.1, 0.15) is 17.4 Å². The summed E-state index contributed by atoms with van der Waals surface area (Å²) in [6, 6.07) is 11.6. The Balaban J connectivity index is 1.25. The van der Waals surface area contributed by atoms with Crippen LogP contribution in [-0.2, 0) is 9.47 Å². The van der Waals surface area contributed by atoms with E-state index in [9.17, 15) is 26.3 Å². The maximum Gasteiger partial charge on any atom is 0.195 e. The van der Waals surface area contributed by atoms with Crippen LogP contribution in [0.5, 0.6) is 5.75 Å². The first-order valence-electron chi connectivity index (χ1n) is 11.4. The highest BCUT2D eigenvalue weighted by atomic mass is 19.2. The molecule has 1 aliphatic rings. The second-order valence-corrected chi connectivity index (χ2v) is 8.89. The SMILES string of the molecule is Cc1cc(F)c(OCC2COC(c3ccc(-c4ccc5c(F)c(F)c(F)cc5c4)c(F)c3)OC2)c(F)c1. The lowest BCUT2D eigenvalue weighted by molar-refractivity contribution is -0.208. The van der Waals surface area contributed by atoms with Gasteiger partial charge in [0.05, 0.1) is 19.8 Å². The van der Waals surface area contributed by atoms with Gasteiger partial charge in [-0.15, -0.1) is 0 Å². The fourth-order valence-electron chi connectivity index (χ4n) is 4.24. The van der Waals surface area contributed by atoms with Gasteiger partial charge in [0.1, 0.15) is 5.82 Å². The van der Waals surface area contributed by atoms with Gasteiger partial charge in [0, 0.05) is 22.4 Å². The number of halogens is 6. The molecule has 192 valence electrons. The normalized spacial score (nSPS) is 17.8. The standard InChI is InChI=1S/C28H20F6O3/c1-14-6-23(31)27(24(32)7-14)35-11-15-12-36-28(37-13-15)17-3-4-19(21(29)9-17)16-2-5-20-18(8-16)10-22(30)26(34)25(20)33/h2-10,15,28H,11-13H2,1H3. The molecule has 0 aromatic heterocycles. The molecule has 0 atom stereocenters. The molecule has 1 heterocycles. The molecule has 0 bridgehead atoms. The van der Waals surface area contributed by atoms with Gasteiger partial charge in [-0.1, -0.05) is 24.3 Å². The van der Waals surface area contributed by atoms with Crippen LogP contribution in [0.25, 0.3) is 21.9 Å². The van der Waals surface area contributed by atoms with Crippen molar-refractivity contribution >= 4 is 10.8 Å². The van der Waals surface area contributed by atoms with Crippen molar-refractivity contribution in [3.8, 4) is 16.9 Å². The lowest BCUT2D eigenvalue weighted by atomic mass is 9.99. The molecule has 4 aromatic carbocycles. The third-order valence-corrected chi connectivity index (χ3v) is 6.12. The van der Waals surface area contributed by atoms with Crippen molar-refractivity contribution in [1.82, 2.24) is 0 Å². The first-order chi connectivity index (χ1) is 17.7. The number of hydrogen-bond donors (Lipinski definition) is 0. The van der Waals surface area contributed by atoms with Crippen LogP contribution < -0.4 is 4.74 Å². The first kappa shape index (κ1) is 25.1. The molecule has 0 radical (unpaired) electrons. The van der Waals surface area contributed by atoms with Crippen molar-refractivity contribution in [3.05, 3.63) is 101 Å². The highest BCUT2D eigenvalue weighted by Crippen LogP contribution is 2.33. The minimum Gasteiger partial charge on any atom is -0.487 e. The van der Waals surface area contributed by atoms with E-state index >= 15 is 0 Å². The topological polar surface area (TPSA) is 27.7 Å². The third-order valence-electron chi connectivity index (χ3n) is 6.12. The van der Waals surface area contributed by atoms with Crippen LogP contribution in [-0.4, -0.2) is 19.8 Å². The number of hydrogen-bond acceptors (Lipinski definition) is 3. The van der Waals surface area contributed by atoms with Crippen molar-refractivity contribution in [2.75, 3.05) is 19.8 Å². The Morgan fingerprint density at radius 2 is 1.46 bits per heavy atom. The highest BCUT2D eigenvalue weighted by Gasteiger charge is 2.26. The summed E-state index contributed by atoms with van der Waals surface area (Å²) in [5, 5.41) is -0.0231. The van der Waals surface area contributed by atoms with Crippen molar-refractivity contribution in [2.24, 2.45) is 5.92 Å². The number of rotatable bonds is 5. The smallest absolute Gasteiger partial charge is 0.195 e. The average Bonchev–Trinajstić information content (AvgIpc) is 2.87. The zero-order valence-corrected chi connectivity index (χ0v) is 19.5. The van der Waals surface area contributed by atoms with Gasteiger partial charge >= 0.3 is 0 Å². The van der Waals surface area contributed by atoms with Gasteiger partial charge < -0.3 is 14.2 Å². The van der Waals surface area contributed by atoms with Crippen LogP contribution in [0.4, 0.5) is 26.3 Å². The number of fused-ring (bicyclic) bond motifs is 1. The van der Waals surface area contributed by atoms with Gasteiger partial charge in [0.2, 0.25) is 0 Å². The zero-order valence-electron chi connectivity index (χ0n) is 19.5. The Kier molecular flexibility index (Phi) is 6.83. The maximum atomic E-state index is 15.0. The van der Waals surface area contributed by atoms with E-state index in [2.05, 4.69) is 0 Å². The second-order valence-electron chi connectivity index (χ2n) is 8.89. The fourth-order valence-corrected chi connectivity index (χ4v) is 4.24. The van der Waals surface area contributed by atoms with Crippen molar-refractivity contribution < 1.29 is 40.6 Å². The molecule has 0 saturated carbocycles. The van der Waals surface area contributed by atoms with Gasteiger partial charge in [0.25, 0.3) is 0 Å². The monoisotopic (exact) mass is 518 g/mol. The Morgan fingerprint density at radius 3 is 2.14 bits per heavy atom. The van der Waals surface area contributed by atoms with E-state index in [0.717, 1.165) is 6.07 Å². The third kappa shape index (κ3) is 5.01. The molecule has 37 heavy (non-hydrogen) atoms. The summed E-state index contributed by atoms with van der Waals surface area (Å²) in [6.07, 6.45) is -0.865. The second kappa shape index (κ2) is 10.1. The molecule has 5 rings (SSSR count). The van der Waals surface area contributed by atoms with E-state index in [1.54, 1.807) is 13.0 Å². The molecule has 1 fully saturated rings. The lowest BCUT2D eigenvalue weighted by Gasteiger charge is -2.29. The van der Waals surface area contributed by atoms with E-state index in [-0.39, 0.29) is 42.1 Å². The Labute approximate surface area is 208 Å². The lowest BCUT2D eigenvalue weighted by Crippen LogP contribution is -2.31. The minimum absolute atomic E-state index is 0.0377. The molecular weight excluding hydrogens is 498 g/mol. The summed E-state index contributed by atoms with van der Waals surface area (Å²) in [6.45, 7) is 1.84. The fraction of sp³-hybridized carbons (Fsp3) is 0.214. The summed E-state index contributed by atoms with van der Waals surface area (Å²) in [5.41, 5.74) is 1.35. The molecule has 1 aliphatic heterocycles. The predicted molar refractivity (Wildman–Crippen MR) is 124 cm³/mol. The van der Waals surface area contributed by atoms with Crippen LogP contribution in [0.15, 0.2) is 54.6 Å². The van der Waals surface area contributed by atoms with Crippen molar-refractivity contribution in [3.63, 3.8) is 0 Å². The summed E-state index contributed by atoms with van der Waals surface area (Å²) in [4.78, 5) is 0. The van der Waals surface area contributed by atoms with Crippen LogP contribution >= 0.6 is 0 Å². The van der Waals surface area contributed by atoms with E-state index in [1.165, 1.54) is 42.5 Å². The molecule has 0 amide bonds. The van der Waals surface area contributed by atoms with E-state index in [0.29, 0.717) is 16.7 Å². The summed E-state index contributed by atoms with van der Waals surface area (Å²) < 4.78 is 101. The van der Waals surface area contributed by atoms with Gasteiger partial charge in [-0.05, 0) is 53.8 Å². The molecule has 0 unspecified atom stereocenters. The molecular formula is C28H20F6O3. The van der Waals surface area contributed by atoms with E-state index in [4.69, 9.17) is 14.2 Å². The quantitative estimate of drug-likeness (QED) is 0.204.